The molecule has 0 aromatic heterocycles. The molecule has 0 aliphatic carbocycles. The van der Waals surface area contributed by atoms with Gasteiger partial charge in [-0.2, -0.15) is 0 Å². The van der Waals surface area contributed by atoms with Crippen molar-refractivity contribution >= 4 is 18.0 Å². The summed E-state index contributed by atoms with van der Waals surface area (Å²) in [5, 5.41) is 8.40. The Hall–Kier alpha value is -2.17. The second-order valence-corrected chi connectivity index (χ2v) is 2.90. The number of aliphatic carboxylic acids is 1. The molecule has 0 saturated carbocycles. The molecule has 0 aliphatic heterocycles. The van der Waals surface area contributed by atoms with Gasteiger partial charge in [0.15, 0.2) is 0 Å². The molecule has 0 amide bonds. The molecule has 0 atom stereocenters. The van der Waals surface area contributed by atoms with Crippen LogP contribution in [0.25, 0.3) is 6.08 Å². The average molecular weight is 224 g/mol. The van der Waals surface area contributed by atoms with Gasteiger partial charge >= 0.3 is 11.9 Å². The predicted molar refractivity (Wildman–Crippen MR) is 54.4 cm³/mol. The van der Waals surface area contributed by atoms with Crippen LogP contribution in [0.4, 0.5) is 4.39 Å². The van der Waals surface area contributed by atoms with Gasteiger partial charge in [0, 0.05) is 6.08 Å². The zero-order chi connectivity index (χ0) is 12.1. The topological polar surface area (TPSA) is 63.6 Å². The largest absolute Gasteiger partial charge is 0.478 e. The highest BCUT2D eigenvalue weighted by Crippen LogP contribution is 2.13. The van der Waals surface area contributed by atoms with Crippen molar-refractivity contribution < 1.29 is 23.8 Å². The summed E-state index contributed by atoms with van der Waals surface area (Å²) in [6.45, 7) is 0. The molecule has 5 heteroatoms. The summed E-state index contributed by atoms with van der Waals surface area (Å²) in [6.07, 6.45) is 2.16. The summed E-state index contributed by atoms with van der Waals surface area (Å²) in [4.78, 5) is 21.4. The van der Waals surface area contributed by atoms with Crippen LogP contribution in [0, 0.1) is 5.82 Å². The summed E-state index contributed by atoms with van der Waals surface area (Å²) in [7, 11) is 1.14. The van der Waals surface area contributed by atoms with Gasteiger partial charge in [-0.1, -0.05) is 6.07 Å². The number of carbonyl (C=O) groups is 2. The van der Waals surface area contributed by atoms with Crippen molar-refractivity contribution in [3.8, 4) is 0 Å². The molecule has 0 bridgehead atoms. The maximum atomic E-state index is 13.2. The smallest absolute Gasteiger partial charge is 0.340 e. The van der Waals surface area contributed by atoms with E-state index in [0.717, 1.165) is 19.3 Å². The highest BCUT2D eigenvalue weighted by atomic mass is 19.1. The van der Waals surface area contributed by atoms with Gasteiger partial charge in [0.25, 0.3) is 0 Å². The molecule has 0 aliphatic rings. The molecular weight excluding hydrogens is 215 g/mol. The van der Waals surface area contributed by atoms with Gasteiger partial charge in [-0.3, -0.25) is 0 Å². The summed E-state index contributed by atoms with van der Waals surface area (Å²) < 4.78 is 17.5. The first-order valence-corrected chi connectivity index (χ1v) is 4.33. The summed E-state index contributed by atoms with van der Waals surface area (Å²) in [6, 6.07) is 3.66. The highest BCUT2D eigenvalue weighted by molar-refractivity contribution is 5.91. The second-order valence-electron chi connectivity index (χ2n) is 2.90. The Balaban J connectivity index is 3.07. The third-order valence-corrected chi connectivity index (χ3v) is 1.81. The van der Waals surface area contributed by atoms with Crippen LogP contribution < -0.4 is 0 Å². The van der Waals surface area contributed by atoms with E-state index in [1.807, 2.05) is 0 Å². The van der Waals surface area contributed by atoms with Gasteiger partial charge in [-0.15, -0.1) is 0 Å². The van der Waals surface area contributed by atoms with Gasteiger partial charge in [0.1, 0.15) is 5.82 Å². The molecule has 1 rings (SSSR count). The van der Waals surface area contributed by atoms with Crippen molar-refractivity contribution in [3.63, 3.8) is 0 Å². The predicted octanol–water partition coefficient (Wildman–Crippen LogP) is 1.71. The standard InChI is InChI=1S/C11H9FO4/c1-16-11(15)8-6-7(2-4-9(8)12)3-5-10(13)14/h2-6H,1H3,(H,13,14). The second kappa shape index (κ2) is 5.06. The molecule has 0 saturated heterocycles. The fourth-order valence-electron chi connectivity index (χ4n) is 1.08. The number of methoxy groups -OCH3 is 1. The number of benzene rings is 1. The summed E-state index contributed by atoms with van der Waals surface area (Å²) in [5.41, 5.74) is 0.180. The number of carboxylic acid groups (broad SMARTS) is 1. The van der Waals surface area contributed by atoms with Crippen molar-refractivity contribution in [2.24, 2.45) is 0 Å². The van der Waals surface area contributed by atoms with Crippen molar-refractivity contribution in [3.05, 3.63) is 41.2 Å². The van der Waals surface area contributed by atoms with Crippen molar-refractivity contribution in [2.45, 2.75) is 0 Å². The molecule has 84 valence electrons. The quantitative estimate of drug-likeness (QED) is 0.627. The Morgan fingerprint density at radius 3 is 2.69 bits per heavy atom. The molecule has 0 heterocycles. The van der Waals surface area contributed by atoms with Gasteiger partial charge in [0.05, 0.1) is 12.7 Å². The first kappa shape index (κ1) is 11.9. The van der Waals surface area contributed by atoms with E-state index in [9.17, 15) is 14.0 Å². The Bertz CT molecular complexity index is 451. The van der Waals surface area contributed by atoms with E-state index in [0.29, 0.717) is 5.56 Å². The third kappa shape index (κ3) is 2.91. The third-order valence-electron chi connectivity index (χ3n) is 1.81. The van der Waals surface area contributed by atoms with E-state index in [-0.39, 0.29) is 5.56 Å². The molecule has 4 nitrogen and oxygen atoms in total. The van der Waals surface area contributed by atoms with Gasteiger partial charge in [-0.05, 0) is 23.8 Å². The number of halogens is 1. The molecule has 0 unspecified atom stereocenters. The number of hydrogen-bond acceptors (Lipinski definition) is 3. The Labute approximate surface area is 91.0 Å². The van der Waals surface area contributed by atoms with Crippen LogP contribution in [0.15, 0.2) is 24.3 Å². The zero-order valence-electron chi connectivity index (χ0n) is 8.44. The van der Waals surface area contributed by atoms with E-state index in [2.05, 4.69) is 4.74 Å². The van der Waals surface area contributed by atoms with Gasteiger partial charge in [-0.25, -0.2) is 14.0 Å². The van der Waals surface area contributed by atoms with E-state index >= 15 is 0 Å². The summed E-state index contributed by atoms with van der Waals surface area (Å²) in [5.74, 6) is -2.63. The van der Waals surface area contributed by atoms with Crippen molar-refractivity contribution in [1.29, 1.82) is 0 Å². The number of carboxylic acids is 1. The zero-order valence-corrected chi connectivity index (χ0v) is 8.44. The number of esters is 1. The fraction of sp³-hybridized carbons (Fsp3) is 0.0909. The number of ether oxygens (including phenoxy) is 1. The lowest BCUT2D eigenvalue weighted by Gasteiger charge is -2.01. The SMILES string of the molecule is COC(=O)c1cc(C=CC(=O)O)ccc1F. The van der Waals surface area contributed by atoms with Crippen LogP contribution in [0.3, 0.4) is 0 Å². The lowest BCUT2D eigenvalue weighted by atomic mass is 10.1. The Kier molecular flexibility index (Phi) is 3.77. The van der Waals surface area contributed by atoms with Gasteiger partial charge < -0.3 is 9.84 Å². The number of rotatable bonds is 3. The minimum Gasteiger partial charge on any atom is -0.478 e. The van der Waals surface area contributed by atoms with Crippen LogP contribution >= 0.6 is 0 Å². The van der Waals surface area contributed by atoms with Crippen LogP contribution in [-0.2, 0) is 9.53 Å². The summed E-state index contributed by atoms with van der Waals surface area (Å²) >= 11 is 0. The maximum absolute atomic E-state index is 13.2. The van der Waals surface area contributed by atoms with Crippen molar-refractivity contribution in [1.82, 2.24) is 0 Å². The average Bonchev–Trinajstić information content (AvgIpc) is 2.27. The Morgan fingerprint density at radius 1 is 1.44 bits per heavy atom. The van der Waals surface area contributed by atoms with Crippen LogP contribution in [0.1, 0.15) is 15.9 Å². The number of hydrogen-bond donors (Lipinski definition) is 1. The molecular formula is C11H9FO4. The first-order chi connectivity index (χ1) is 7.54. The van der Waals surface area contributed by atoms with Gasteiger partial charge in [0.2, 0.25) is 0 Å². The molecule has 1 aromatic rings. The van der Waals surface area contributed by atoms with Crippen LogP contribution in [-0.4, -0.2) is 24.2 Å². The maximum Gasteiger partial charge on any atom is 0.340 e. The lowest BCUT2D eigenvalue weighted by molar-refractivity contribution is -0.131. The molecule has 16 heavy (non-hydrogen) atoms. The van der Waals surface area contributed by atoms with E-state index in [1.165, 1.54) is 18.2 Å². The van der Waals surface area contributed by atoms with Crippen molar-refractivity contribution in [2.75, 3.05) is 7.11 Å². The van der Waals surface area contributed by atoms with E-state index < -0.39 is 17.8 Å². The molecule has 1 aromatic carbocycles. The number of carbonyl (C=O) groups excluding carboxylic acids is 1. The monoisotopic (exact) mass is 224 g/mol. The molecule has 0 radical (unpaired) electrons. The lowest BCUT2D eigenvalue weighted by Crippen LogP contribution is -2.04. The minimum atomic E-state index is -1.12. The Morgan fingerprint density at radius 2 is 2.12 bits per heavy atom. The molecule has 0 spiro atoms. The minimum absolute atomic E-state index is 0.227. The van der Waals surface area contributed by atoms with E-state index in [1.54, 1.807) is 0 Å². The fourth-order valence-corrected chi connectivity index (χ4v) is 1.08. The van der Waals surface area contributed by atoms with Crippen LogP contribution in [0.2, 0.25) is 0 Å². The van der Waals surface area contributed by atoms with Crippen LogP contribution in [0.5, 0.6) is 0 Å². The normalized spacial score (nSPS) is 10.4. The van der Waals surface area contributed by atoms with E-state index in [4.69, 9.17) is 5.11 Å². The highest BCUT2D eigenvalue weighted by Gasteiger charge is 2.11. The molecule has 1 N–H and O–H groups in total. The first-order valence-electron chi connectivity index (χ1n) is 4.33. The molecule has 0 fully saturated rings.